The molecule has 2 fully saturated rings. The standard InChI is InChI=1S/C20H26N2O3/c1-16(23)19(25)21-12-9-20(10-13-21)14-18(24)22(15-20)11-5-8-17-6-3-2-4-7-17/h2-8,16,23H,9-15H2,1H3/t16-/m1/s1. The number of likely N-dealkylation sites (tertiary alicyclic amines) is 2. The highest BCUT2D eigenvalue weighted by molar-refractivity contribution is 5.81. The first-order valence-electron chi connectivity index (χ1n) is 8.95. The summed E-state index contributed by atoms with van der Waals surface area (Å²) in [5.41, 5.74) is 1.13. The summed E-state index contributed by atoms with van der Waals surface area (Å²) < 4.78 is 0. The molecular weight excluding hydrogens is 316 g/mol. The molecule has 2 aliphatic rings. The van der Waals surface area contributed by atoms with Gasteiger partial charge in [0.2, 0.25) is 5.91 Å². The van der Waals surface area contributed by atoms with Crippen LogP contribution in [-0.2, 0) is 9.59 Å². The molecule has 0 unspecified atom stereocenters. The predicted octanol–water partition coefficient (Wildman–Crippen LogP) is 1.92. The van der Waals surface area contributed by atoms with Gasteiger partial charge in [0.25, 0.3) is 5.91 Å². The number of rotatable bonds is 4. The van der Waals surface area contributed by atoms with Crippen molar-refractivity contribution in [3.05, 3.63) is 42.0 Å². The Morgan fingerprint density at radius 2 is 1.96 bits per heavy atom. The number of carbonyl (C=O) groups excluding carboxylic acids is 2. The molecule has 134 valence electrons. The van der Waals surface area contributed by atoms with Gasteiger partial charge in [-0.2, -0.15) is 0 Å². The molecular formula is C20H26N2O3. The average molecular weight is 342 g/mol. The molecule has 25 heavy (non-hydrogen) atoms. The molecule has 1 N–H and O–H groups in total. The fourth-order valence-electron chi connectivity index (χ4n) is 3.83. The van der Waals surface area contributed by atoms with Gasteiger partial charge in [0.15, 0.2) is 0 Å². The largest absolute Gasteiger partial charge is 0.384 e. The molecule has 2 saturated heterocycles. The highest BCUT2D eigenvalue weighted by atomic mass is 16.3. The lowest BCUT2D eigenvalue weighted by Gasteiger charge is -2.39. The zero-order valence-electron chi connectivity index (χ0n) is 14.7. The van der Waals surface area contributed by atoms with Gasteiger partial charge in [0.05, 0.1) is 0 Å². The fourth-order valence-corrected chi connectivity index (χ4v) is 3.83. The number of aliphatic hydroxyl groups is 1. The Labute approximate surface area is 148 Å². The molecule has 2 heterocycles. The van der Waals surface area contributed by atoms with E-state index in [1.54, 1.807) is 4.90 Å². The molecule has 0 aromatic heterocycles. The van der Waals surface area contributed by atoms with E-state index in [9.17, 15) is 14.7 Å². The molecule has 3 rings (SSSR count). The van der Waals surface area contributed by atoms with Crippen LogP contribution in [0.2, 0.25) is 0 Å². The molecule has 0 radical (unpaired) electrons. The maximum atomic E-state index is 12.4. The van der Waals surface area contributed by atoms with E-state index in [0.717, 1.165) is 24.9 Å². The van der Waals surface area contributed by atoms with Gasteiger partial charge in [-0.05, 0) is 25.3 Å². The van der Waals surface area contributed by atoms with E-state index in [0.29, 0.717) is 26.1 Å². The number of carbonyl (C=O) groups is 2. The van der Waals surface area contributed by atoms with E-state index in [2.05, 4.69) is 0 Å². The Morgan fingerprint density at radius 3 is 2.60 bits per heavy atom. The second-order valence-electron chi connectivity index (χ2n) is 7.27. The quantitative estimate of drug-likeness (QED) is 0.909. The van der Waals surface area contributed by atoms with Crippen LogP contribution in [0.5, 0.6) is 0 Å². The smallest absolute Gasteiger partial charge is 0.251 e. The molecule has 5 nitrogen and oxygen atoms in total. The van der Waals surface area contributed by atoms with Crippen LogP contribution in [0.15, 0.2) is 36.4 Å². The van der Waals surface area contributed by atoms with Gasteiger partial charge in [-0.15, -0.1) is 0 Å². The number of hydrogen-bond acceptors (Lipinski definition) is 3. The van der Waals surface area contributed by atoms with Crippen LogP contribution >= 0.6 is 0 Å². The van der Waals surface area contributed by atoms with Crippen LogP contribution in [0.3, 0.4) is 0 Å². The zero-order valence-corrected chi connectivity index (χ0v) is 14.7. The average Bonchev–Trinajstić information content (AvgIpc) is 2.91. The van der Waals surface area contributed by atoms with E-state index in [1.807, 2.05) is 47.4 Å². The van der Waals surface area contributed by atoms with Crippen LogP contribution in [0.1, 0.15) is 31.7 Å². The highest BCUT2D eigenvalue weighted by Crippen LogP contribution is 2.41. The third-order valence-electron chi connectivity index (χ3n) is 5.33. The normalized spacial score (nSPS) is 21.3. The lowest BCUT2D eigenvalue weighted by atomic mass is 9.77. The molecule has 1 spiro atoms. The van der Waals surface area contributed by atoms with Crippen LogP contribution in [0, 0.1) is 5.41 Å². The van der Waals surface area contributed by atoms with Crippen LogP contribution < -0.4 is 0 Å². The molecule has 2 aliphatic heterocycles. The summed E-state index contributed by atoms with van der Waals surface area (Å²) in [6.07, 6.45) is 5.37. The van der Waals surface area contributed by atoms with Crippen molar-refractivity contribution >= 4 is 17.9 Å². The van der Waals surface area contributed by atoms with Crippen molar-refractivity contribution in [1.29, 1.82) is 0 Å². The van der Waals surface area contributed by atoms with E-state index in [4.69, 9.17) is 0 Å². The minimum atomic E-state index is -0.945. The molecule has 1 atom stereocenters. The van der Waals surface area contributed by atoms with E-state index < -0.39 is 6.10 Å². The summed E-state index contributed by atoms with van der Waals surface area (Å²) in [6.45, 7) is 4.16. The van der Waals surface area contributed by atoms with Gasteiger partial charge in [-0.1, -0.05) is 42.5 Å². The van der Waals surface area contributed by atoms with Gasteiger partial charge >= 0.3 is 0 Å². The minimum Gasteiger partial charge on any atom is -0.384 e. The highest BCUT2D eigenvalue weighted by Gasteiger charge is 2.45. The summed E-state index contributed by atoms with van der Waals surface area (Å²) in [5.74, 6) is -0.00478. The van der Waals surface area contributed by atoms with Crippen molar-refractivity contribution in [2.45, 2.75) is 32.3 Å². The summed E-state index contributed by atoms with van der Waals surface area (Å²) in [5, 5.41) is 9.44. The Balaban J connectivity index is 1.54. The first-order chi connectivity index (χ1) is 12.0. The summed E-state index contributed by atoms with van der Waals surface area (Å²) in [6, 6.07) is 10.1. The number of benzene rings is 1. The molecule has 0 aliphatic carbocycles. The topological polar surface area (TPSA) is 60.9 Å². The third-order valence-corrected chi connectivity index (χ3v) is 5.33. The third kappa shape index (κ3) is 4.10. The zero-order chi connectivity index (χ0) is 17.9. The second-order valence-corrected chi connectivity index (χ2v) is 7.27. The van der Waals surface area contributed by atoms with Crippen molar-refractivity contribution < 1.29 is 14.7 Å². The minimum absolute atomic E-state index is 0.00680. The number of nitrogens with zero attached hydrogens (tertiary/aromatic N) is 2. The van der Waals surface area contributed by atoms with Gasteiger partial charge in [0, 0.05) is 38.0 Å². The molecule has 0 saturated carbocycles. The predicted molar refractivity (Wildman–Crippen MR) is 96.6 cm³/mol. The Hall–Kier alpha value is -2.14. The summed E-state index contributed by atoms with van der Waals surface area (Å²) in [4.78, 5) is 27.9. The molecule has 1 aromatic rings. The molecule has 5 heteroatoms. The Kier molecular flexibility index (Phi) is 5.23. The molecule has 1 aromatic carbocycles. The van der Waals surface area contributed by atoms with Crippen molar-refractivity contribution in [1.82, 2.24) is 9.80 Å². The SMILES string of the molecule is C[C@@H](O)C(=O)N1CCC2(CC1)CC(=O)N(CC=Cc1ccccc1)C2. The first kappa shape index (κ1) is 17.7. The van der Waals surface area contributed by atoms with Crippen LogP contribution in [0.4, 0.5) is 0 Å². The summed E-state index contributed by atoms with van der Waals surface area (Å²) >= 11 is 0. The number of aliphatic hydroxyl groups excluding tert-OH is 1. The van der Waals surface area contributed by atoms with Crippen LogP contribution in [0.25, 0.3) is 6.08 Å². The van der Waals surface area contributed by atoms with Crippen molar-refractivity contribution in [2.75, 3.05) is 26.2 Å². The lowest BCUT2D eigenvalue weighted by Crippen LogP contribution is -2.47. The molecule has 0 bridgehead atoms. The maximum absolute atomic E-state index is 12.4. The van der Waals surface area contributed by atoms with Gasteiger partial charge in [-0.25, -0.2) is 0 Å². The first-order valence-corrected chi connectivity index (χ1v) is 8.95. The summed E-state index contributed by atoms with van der Waals surface area (Å²) in [7, 11) is 0. The van der Waals surface area contributed by atoms with Crippen molar-refractivity contribution in [2.24, 2.45) is 5.41 Å². The van der Waals surface area contributed by atoms with E-state index >= 15 is 0 Å². The van der Waals surface area contributed by atoms with Crippen molar-refractivity contribution in [3.63, 3.8) is 0 Å². The van der Waals surface area contributed by atoms with Crippen LogP contribution in [-0.4, -0.2) is 59.0 Å². The Morgan fingerprint density at radius 1 is 1.28 bits per heavy atom. The number of amides is 2. The van der Waals surface area contributed by atoms with Crippen molar-refractivity contribution in [3.8, 4) is 0 Å². The Bertz CT molecular complexity index is 646. The number of hydrogen-bond donors (Lipinski definition) is 1. The number of piperidine rings is 1. The van der Waals surface area contributed by atoms with E-state index in [-0.39, 0.29) is 17.2 Å². The van der Waals surface area contributed by atoms with Gasteiger partial charge in [0.1, 0.15) is 6.10 Å². The lowest BCUT2D eigenvalue weighted by molar-refractivity contribution is -0.141. The van der Waals surface area contributed by atoms with Gasteiger partial charge < -0.3 is 14.9 Å². The fraction of sp³-hybridized carbons (Fsp3) is 0.500. The van der Waals surface area contributed by atoms with E-state index in [1.165, 1.54) is 6.92 Å². The maximum Gasteiger partial charge on any atom is 0.251 e. The van der Waals surface area contributed by atoms with Gasteiger partial charge in [-0.3, -0.25) is 9.59 Å². The second kappa shape index (κ2) is 7.40. The monoisotopic (exact) mass is 342 g/mol. The molecule has 2 amide bonds.